The van der Waals surface area contributed by atoms with Crippen molar-refractivity contribution in [3.8, 4) is 5.69 Å². The number of alkyl halides is 3. The van der Waals surface area contributed by atoms with Crippen LogP contribution < -0.4 is 16.3 Å². The van der Waals surface area contributed by atoms with E-state index in [2.05, 4.69) is 20.5 Å². The number of fused-ring (bicyclic) bond motifs is 1. The van der Waals surface area contributed by atoms with Crippen LogP contribution in [0.25, 0.3) is 5.69 Å². The lowest BCUT2D eigenvalue weighted by atomic mass is 10.1. The van der Waals surface area contributed by atoms with Crippen LogP contribution in [0.1, 0.15) is 5.56 Å². The van der Waals surface area contributed by atoms with Gasteiger partial charge in [-0.3, -0.25) is 14.7 Å². The molecule has 3 N–H and O–H groups in total. The topological polar surface area (TPSA) is 140 Å². The van der Waals surface area contributed by atoms with E-state index in [0.29, 0.717) is 22.4 Å². The van der Waals surface area contributed by atoms with E-state index in [1.807, 2.05) is 18.2 Å². The number of piperidine rings is 1. The molecule has 3 heterocycles. The van der Waals surface area contributed by atoms with Crippen molar-refractivity contribution in [2.45, 2.75) is 18.6 Å². The lowest BCUT2D eigenvalue weighted by Crippen LogP contribution is -2.54. The number of carbonyl (C=O) groups excluding carboxylic acids is 2. The van der Waals surface area contributed by atoms with Crippen LogP contribution in [0.2, 0.25) is 0 Å². The van der Waals surface area contributed by atoms with E-state index in [-0.39, 0.29) is 38.0 Å². The number of rotatable bonds is 6. The highest BCUT2D eigenvalue weighted by Crippen LogP contribution is 2.45. The number of nitrogens with zero attached hydrogens (tertiary/aromatic N) is 5. The molecule has 0 bridgehead atoms. The van der Waals surface area contributed by atoms with Gasteiger partial charge in [-0.1, -0.05) is 12.1 Å². The maximum Gasteiger partial charge on any atom is 0.471 e. The number of urea groups is 1. The van der Waals surface area contributed by atoms with Crippen LogP contribution in [0.3, 0.4) is 0 Å². The smallest absolute Gasteiger partial charge is 0.465 e. The minimum atomic E-state index is -4.96. The molecule has 12 nitrogen and oxygen atoms in total. The normalized spacial score (nSPS) is 22.5. The van der Waals surface area contributed by atoms with Crippen LogP contribution in [-0.2, 0) is 11.2 Å². The molecule has 2 aromatic rings. The zero-order valence-electron chi connectivity index (χ0n) is 21.3. The molecule has 40 heavy (non-hydrogen) atoms. The fourth-order valence-corrected chi connectivity index (χ4v) is 5.45. The number of aromatic nitrogens is 2. The van der Waals surface area contributed by atoms with Crippen molar-refractivity contribution in [3.63, 3.8) is 0 Å². The van der Waals surface area contributed by atoms with E-state index in [1.165, 1.54) is 21.7 Å². The summed E-state index contributed by atoms with van der Waals surface area (Å²) < 4.78 is 39.2. The lowest BCUT2D eigenvalue weighted by molar-refractivity contribution is -0.186. The van der Waals surface area contributed by atoms with Crippen LogP contribution >= 0.6 is 0 Å². The van der Waals surface area contributed by atoms with Gasteiger partial charge in [0, 0.05) is 58.1 Å². The molecule has 0 radical (unpaired) electrons. The summed E-state index contributed by atoms with van der Waals surface area (Å²) in [7, 11) is 0. The fraction of sp³-hybridized carbons (Fsp3) is 0.480. The predicted molar refractivity (Wildman–Crippen MR) is 135 cm³/mol. The number of piperazine rings is 1. The second-order valence-corrected chi connectivity index (χ2v) is 10.2. The zero-order valence-corrected chi connectivity index (χ0v) is 21.3. The Morgan fingerprint density at radius 1 is 1.02 bits per heavy atom. The van der Waals surface area contributed by atoms with Crippen LogP contribution in [0.15, 0.2) is 41.3 Å². The highest BCUT2D eigenvalue weighted by atomic mass is 19.4. The standard InChI is InChI=1S/C25H28F3N7O5/c26-25(27,28)21(36)33-8-10-34(11-9-33)22(37)29-19-5-7-35(23(38)30-19)16-3-1-2-15(12-16)4-6-32-13-17-18(14-32)20(17)31-24(39)40/h1-3,5,7,12,17-18,20,31H,4,6,8-11,13-14H2,(H,39,40)(H,29,30,37,38). The van der Waals surface area contributed by atoms with Gasteiger partial charge in [-0.25, -0.2) is 14.4 Å². The lowest BCUT2D eigenvalue weighted by Gasteiger charge is -2.34. The number of amides is 4. The first-order valence-electron chi connectivity index (χ1n) is 12.8. The van der Waals surface area contributed by atoms with Crippen molar-refractivity contribution in [1.29, 1.82) is 0 Å². The van der Waals surface area contributed by atoms with Crippen LogP contribution in [0, 0.1) is 11.8 Å². The van der Waals surface area contributed by atoms with Crippen molar-refractivity contribution in [2.75, 3.05) is 51.1 Å². The second-order valence-electron chi connectivity index (χ2n) is 10.2. The van der Waals surface area contributed by atoms with Gasteiger partial charge in [-0.05, 0) is 42.0 Å². The zero-order chi connectivity index (χ0) is 28.6. The molecule has 1 saturated carbocycles. The summed E-state index contributed by atoms with van der Waals surface area (Å²) in [6, 6.07) is 8.33. The minimum Gasteiger partial charge on any atom is -0.465 e. The largest absolute Gasteiger partial charge is 0.471 e. The molecule has 214 valence electrons. The van der Waals surface area contributed by atoms with E-state index < -0.39 is 29.9 Å². The Balaban J connectivity index is 1.13. The molecule has 15 heteroatoms. The molecule has 2 aliphatic heterocycles. The van der Waals surface area contributed by atoms with E-state index >= 15 is 0 Å². The van der Waals surface area contributed by atoms with E-state index in [9.17, 15) is 32.3 Å². The van der Waals surface area contributed by atoms with Crippen molar-refractivity contribution in [2.24, 2.45) is 11.8 Å². The fourth-order valence-electron chi connectivity index (χ4n) is 5.45. The Labute approximate surface area is 226 Å². The Hall–Kier alpha value is -4.14. The van der Waals surface area contributed by atoms with Gasteiger partial charge >= 0.3 is 29.9 Å². The molecule has 1 aliphatic carbocycles. The minimum absolute atomic E-state index is 0.000470. The van der Waals surface area contributed by atoms with Crippen molar-refractivity contribution in [1.82, 2.24) is 29.6 Å². The van der Waals surface area contributed by atoms with Gasteiger partial charge in [0.2, 0.25) is 0 Å². The molecule has 2 saturated heterocycles. The quantitative estimate of drug-likeness (QED) is 0.480. The van der Waals surface area contributed by atoms with Gasteiger partial charge in [0.05, 0.1) is 5.69 Å². The first-order valence-corrected chi connectivity index (χ1v) is 12.8. The number of hydrogen-bond acceptors (Lipinski definition) is 6. The number of likely N-dealkylation sites (tertiary alicyclic amines) is 1. The molecule has 5 rings (SSSR count). The average molecular weight is 564 g/mol. The molecule has 3 aliphatic rings. The van der Waals surface area contributed by atoms with Gasteiger partial charge in [0.15, 0.2) is 0 Å². The number of carbonyl (C=O) groups is 3. The molecule has 2 atom stereocenters. The Kier molecular flexibility index (Phi) is 7.40. The number of hydrogen-bond donors (Lipinski definition) is 3. The van der Waals surface area contributed by atoms with Crippen molar-refractivity contribution >= 4 is 23.8 Å². The molecule has 1 aromatic heterocycles. The third kappa shape index (κ3) is 6.03. The molecular formula is C25H28F3N7O5. The first-order chi connectivity index (χ1) is 19.0. The molecule has 4 amide bonds. The third-order valence-electron chi connectivity index (χ3n) is 7.60. The van der Waals surface area contributed by atoms with E-state index in [4.69, 9.17) is 5.11 Å². The summed E-state index contributed by atoms with van der Waals surface area (Å²) in [6.45, 7) is 1.84. The summed E-state index contributed by atoms with van der Waals surface area (Å²) in [5.74, 6) is -1.19. The summed E-state index contributed by atoms with van der Waals surface area (Å²) in [5.41, 5.74) is 1.01. The highest BCUT2D eigenvalue weighted by Gasteiger charge is 2.56. The molecule has 3 fully saturated rings. The molecule has 2 unspecified atom stereocenters. The monoisotopic (exact) mass is 563 g/mol. The maximum atomic E-state index is 12.7. The Bertz CT molecular complexity index is 1350. The maximum absolute atomic E-state index is 12.7. The van der Waals surface area contributed by atoms with Gasteiger partial charge < -0.3 is 25.1 Å². The highest BCUT2D eigenvalue weighted by molar-refractivity contribution is 5.88. The van der Waals surface area contributed by atoms with Gasteiger partial charge in [-0.2, -0.15) is 18.2 Å². The van der Waals surface area contributed by atoms with Gasteiger partial charge in [0.1, 0.15) is 5.82 Å². The van der Waals surface area contributed by atoms with E-state index in [0.717, 1.165) is 31.6 Å². The summed E-state index contributed by atoms with van der Waals surface area (Å²) in [5, 5.41) is 13.9. The first kappa shape index (κ1) is 27.4. The predicted octanol–water partition coefficient (Wildman–Crippen LogP) is 1.21. The second kappa shape index (κ2) is 10.8. The van der Waals surface area contributed by atoms with Gasteiger partial charge in [-0.15, -0.1) is 0 Å². The summed E-state index contributed by atoms with van der Waals surface area (Å²) >= 11 is 0. The number of halogens is 3. The van der Waals surface area contributed by atoms with Crippen molar-refractivity contribution in [3.05, 3.63) is 52.6 Å². The Morgan fingerprint density at radius 3 is 2.33 bits per heavy atom. The summed E-state index contributed by atoms with van der Waals surface area (Å²) in [6.07, 6.45) is -3.71. The van der Waals surface area contributed by atoms with Crippen LogP contribution in [0.5, 0.6) is 0 Å². The van der Waals surface area contributed by atoms with E-state index in [1.54, 1.807) is 6.07 Å². The SMILES string of the molecule is O=C(O)NC1C2CN(CCc3cccc(-n4ccc(NC(=O)N5CCN(C(=O)C(F)(F)F)CC5)nc4=O)c3)CC21. The number of anilines is 1. The average Bonchev–Trinajstić information content (AvgIpc) is 3.33. The van der Waals surface area contributed by atoms with Crippen LogP contribution in [-0.4, -0.2) is 105 Å². The number of nitrogens with one attached hydrogen (secondary N) is 2. The molecule has 1 aromatic carbocycles. The summed E-state index contributed by atoms with van der Waals surface area (Å²) in [4.78, 5) is 55.6. The van der Waals surface area contributed by atoms with Crippen molar-refractivity contribution < 1.29 is 32.7 Å². The number of benzene rings is 1. The van der Waals surface area contributed by atoms with Crippen LogP contribution in [0.4, 0.5) is 28.6 Å². The molecular weight excluding hydrogens is 535 g/mol. The third-order valence-corrected chi connectivity index (χ3v) is 7.60. The van der Waals surface area contributed by atoms with Gasteiger partial charge in [0.25, 0.3) is 0 Å². The molecule has 0 spiro atoms. The Morgan fingerprint density at radius 2 is 1.70 bits per heavy atom. The number of carboxylic acid groups (broad SMARTS) is 1.